The third-order valence-corrected chi connectivity index (χ3v) is 8.96. The molecule has 6 rings (SSSR count). The molecular weight excluding hydrogens is 408 g/mol. The maximum atomic E-state index is 5.40. The van der Waals surface area contributed by atoms with Crippen LogP contribution < -0.4 is 5.32 Å². The van der Waals surface area contributed by atoms with Crippen LogP contribution in [0.5, 0.6) is 0 Å². The molecule has 0 aromatic carbocycles. The summed E-state index contributed by atoms with van der Waals surface area (Å²) < 4.78 is 0. The molecule has 0 spiro atoms. The lowest BCUT2D eigenvalue weighted by atomic mass is 9.79. The monoisotopic (exact) mass is 446 g/mol. The number of fused-ring (bicyclic) bond motifs is 2. The highest BCUT2D eigenvalue weighted by Gasteiger charge is 2.51. The van der Waals surface area contributed by atoms with Gasteiger partial charge < -0.3 is 15.1 Å². The second kappa shape index (κ2) is 8.24. The van der Waals surface area contributed by atoms with Crippen molar-refractivity contribution in [1.29, 1.82) is 0 Å². The maximum absolute atomic E-state index is 5.40. The number of piperazine rings is 1. The van der Waals surface area contributed by atoms with Crippen LogP contribution in [-0.4, -0.2) is 75.4 Å². The Morgan fingerprint density at radius 1 is 1.12 bits per heavy atom. The van der Waals surface area contributed by atoms with E-state index in [2.05, 4.69) is 65.1 Å². The maximum Gasteiger partial charge on any atom is 0.130 e. The van der Waals surface area contributed by atoms with Gasteiger partial charge in [0, 0.05) is 37.9 Å². The molecule has 0 aliphatic carbocycles. The summed E-state index contributed by atoms with van der Waals surface area (Å²) in [6.45, 7) is 11.7. The number of pyridine rings is 1. The molecule has 0 bridgehead atoms. The Hall–Kier alpha value is -2.18. The zero-order valence-corrected chi connectivity index (χ0v) is 20.4. The van der Waals surface area contributed by atoms with Crippen molar-refractivity contribution >= 4 is 5.84 Å². The van der Waals surface area contributed by atoms with Crippen molar-refractivity contribution < 1.29 is 0 Å². The number of aryl methyl sites for hydroxylation is 1. The van der Waals surface area contributed by atoms with E-state index in [-0.39, 0.29) is 5.54 Å². The fourth-order valence-corrected chi connectivity index (χ4v) is 6.89. The highest BCUT2D eigenvalue weighted by atomic mass is 15.4. The van der Waals surface area contributed by atoms with Crippen LogP contribution in [0.15, 0.2) is 47.4 Å². The summed E-state index contributed by atoms with van der Waals surface area (Å²) in [6, 6.07) is 5.90. The Morgan fingerprint density at radius 3 is 2.91 bits per heavy atom. The molecule has 176 valence electrons. The van der Waals surface area contributed by atoms with Gasteiger partial charge >= 0.3 is 0 Å². The van der Waals surface area contributed by atoms with Crippen LogP contribution in [0.2, 0.25) is 0 Å². The van der Waals surface area contributed by atoms with Crippen LogP contribution in [0.25, 0.3) is 0 Å². The average Bonchev–Trinajstić information content (AvgIpc) is 3.41. The van der Waals surface area contributed by atoms with Crippen molar-refractivity contribution in [2.75, 3.05) is 26.2 Å². The lowest BCUT2D eigenvalue weighted by molar-refractivity contribution is 0.0967. The van der Waals surface area contributed by atoms with Gasteiger partial charge in [0.05, 0.1) is 23.3 Å². The second-order valence-corrected chi connectivity index (χ2v) is 10.8. The predicted molar refractivity (Wildman–Crippen MR) is 133 cm³/mol. The molecule has 3 fully saturated rings. The first kappa shape index (κ1) is 21.4. The van der Waals surface area contributed by atoms with E-state index < -0.39 is 0 Å². The van der Waals surface area contributed by atoms with Crippen LogP contribution in [0.1, 0.15) is 63.3 Å². The molecule has 0 saturated carbocycles. The summed E-state index contributed by atoms with van der Waals surface area (Å²) >= 11 is 0. The smallest absolute Gasteiger partial charge is 0.130 e. The molecule has 5 aliphatic heterocycles. The van der Waals surface area contributed by atoms with E-state index >= 15 is 0 Å². The van der Waals surface area contributed by atoms with E-state index in [4.69, 9.17) is 9.98 Å². The van der Waals surface area contributed by atoms with Gasteiger partial charge in [0.15, 0.2) is 0 Å². The first-order valence-electron chi connectivity index (χ1n) is 13.0. The summed E-state index contributed by atoms with van der Waals surface area (Å²) in [6.07, 6.45) is 14.9. The third-order valence-electron chi connectivity index (χ3n) is 8.96. The van der Waals surface area contributed by atoms with E-state index in [1.807, 2.05) is 12.3 Å². The number of rotatable bonds is 3. The predicted octanol–water partition coefficient (Wildman–Crippen LogP) is 3.63. The number of amidine groups is 1. The third kappa shape index (κ3) is 3.53. The SMILES string of the molecule is Cc1cccnc1[C@@H]1CCC[C@H]([C@@]2(C)N=C3C=CC=C(N4CCN5CCCC5C4)N3C2C)N1. The molecule has 6 heteroatoms. The molecule has 5 atom stereocenters. The summed E-state index contributed by atoms with van der Waals surface area (Å²) in [5, 5.41) is 4.00. The number of allylic oxidation sites excluding steroid dienone is 2. The molecule has 1 aromatic heterocycles. The normalized spacial score (nSPS) is 36.5. The molecule has 6 heterocycles. The lowest BCUT2D eigenvalue weighted by Crippen LogP contribution is -2.59. The lowest BCUT2D eigenvalue weighted by Gasteiger charge is -2.46. The van der Waals surface area contributed by atoms with Crippen molar-refractivity contribution in [2.45, 2.75) is 82.6 Å². The highest BCUT2D eigenvalue weighted by molar-refractivity contribution is 5.97. The Balaban J connectivity index is 1.24. The summed E-state index contributed by atoms with van der Waals surface area (Å²) in [5.74, 6) is 2.49. The van der Waals surface area contributed by atoms with Crippen molar-refractivity contribution in [1.82, 2.24) is 25.0 Å². The Morgan fingerprint density at radius 2 is 2.03 bits per heavy atom. The number of piperidine rings is 1. The number of hydrogen-bond acceptors (Lipinski definition) is 6. The van der Waals surface area contributed by atoms with Crippen LogP contribution in [0.3, 0.4) is 0 Å². The standard InChI is InChI=1S/C27H38N6/c1-19-8-6-14-28-26(19)22-10-4-11-23(29-22)27(3)20(2)33-24(30-27)12-5-13-25(33)32-17-16-31-15-7-9-21(31)18-32/h5-6,8,12-14,20-23,29H,4,7,9-11,15-18H2,1-3H3/t20?,21?,22-,23+,27-/m0/s1. The van der Waals surface area contributed by atoms with Gasteiger partial charge in [-0.05, 0) is 83.2 Å². The number of nitrogens with one attached hydrogen (secondary N) is 1. The van der Waals surface area contributed by atoms with Crippen molar-refractivity contribution in [2.24, 2.45) is 4.99 Å². The first-order chi connectivity index (χ1) is 16.0. The fraction of sp³-hybridized carbons (Fsp3) is 0.630. The van der Waals surface area contributed by atoms with Crippen molar-refractivity contribution in [3.8, 4) is 0 Å². The van der Waals surface area contributed by atoms with Crippen molar-refractivity contribution in [3.05, 3.63) is 53.6 Å². The molecule has 1 aromatic rings. The molecule has 6 nitrogen and oxygen atoms in total. The van der Waals surface area contributed by atoms with Crippen molar-refractivity contribution in [3.63, 3.8) is 0 Å². The number of nitrogens with zero attached hydrogens (tertiary/aromatic N) is 5. The van der Waals surface area contributed by atoms with Gasteiger partial charge in [-0.15, -0.1) is 0 Å². The number of aromatic nitrogens is 1. The van der Waals surface area contributed by atoms with Gasteiger partial charge in [-0.25, -0.2) is 0 Å². The minimum atomic E-state index is -0.167. The van der Waals surface area contributed by atoms with Crippen LogP contribution >= 0.6 is 0 Å². The molecule has 0 radical (unpaired) electrons. The van der Waals surface area contributed by atoms with Gasteiger partial charge in [-0.2, -0.15) is 0 Å². The molecular formula is C27H38N6. The van der Waals surface area contributed by atoms with E-state index in [1.54, 1.807) is 0 Å². The minimum Gasteiger partial charge on any atom is -0.355 e. The van der Waals surface area contributed by atoms with E-state index in [0.29, 0.717) is 18.1 Å². The number of hydrogen-bond donors (Lipinski definition) is 1. The molecule has 1 N–H and O–H groups in total. The van der Waals surface area contributed by atoms with Crippen LogP contribution in [0.4, 0.5) is 0 Å². The van der Waals surface area contributed by atoms with Gasteiger partial charge in [0.1, 0.15) is 11.7 Å². The molecule has 5 aliphatic rings. The van der Waals surface area contributed by atoms with Crippen LogP contribution in [0, 0.1) is 6.92 Å². The molecule has 0 amide bonds. The summed E-state index contributed by atoms with van der Waals surface area (Å²) in [7, 11) is 0. The zero-order chi connectivity index (χ0) is 22.6. The van der Waals surface area contributed by atoms with Gasteiger partial charge in [-0.1, -0.05) is 12.1 Å². The fourth-order valence-electron chi connectivity index (χ4n) is 6.89. The van der Waals surface area contributed by atoms with Gasteiger partial charge in [-0.3, -0.25) is 14.9 Å². The quantitative estimate of drug-likeness (QED) is 0.768. The van der Waals surface area contributed by atoms with E-state index in [0.717, 1.165) is 37.8 Å². The number of aliphatic imine (C=N–C) groups is 1. The average molecular weight is 447 g/mol. The molecule has 2 unspecified atom stereocenters. The summed E-state index contributed by atoms with van der Waals surface area (Å²) in [4.78, 5) is 18.0. The van der Waals surface area contributed by atoms with Crippen LogP contribution in [-0.2, 0) is 0 Å². The van der Waals surface area contributed by atoms with Gasteiger partial charge in [0.25, 0.3) is 0 Å². The second-order valence-electron chi connectivity index (χ2n) is 10.8. The Kier molecular flexibility index (Phi) is 5.33. The van der Waals surface area contributed by atoms with E-state index in [9.17, 15) is 0 Å². The largest absolute Gasteiger partial charge is 0.355 e. The highest BCUT2D eigenvalue weighted by Crippen LogP contribution is 2.41. The van der Waals surface area contributed by atoms with Gasteiger partial charge in [0.2, 0.25) is 0 Å². The topological polar surface area (TPSA) is 47.0 Å². The molecule has 3 saturated heterocycles. The van der Waals surface area contributed by atoms with E-state index in [1.165, 1.54) is 49.4 Å². The first-order valence-corrected chi connectivity index (χ1v) is 13.0. The Labute approximate surface area is 198 Å². The summed E-state index contributed by atoms with van der Waals surface area (Å²) in [5.41, 5.74) is 2.32. The Bertz CT molecular complexity index is 998. The zero-order valence-electron chi connectivity index (χ0n) is 20.4. The minimum absolute atomic E-state index is 0.167. The molecule has 33 heavy (non-hydrogen) atoms.